The number of rotatable bonds is 5. The Morgan fingerprint density at radius 2 is 2.04 bits per heavy atom. The van der Waals surface area contributed by atoms with Crippen LogP contribution in [0.1, 0.15) is 18.1 Å². The van der Waals surface area contributed by atoms with E-state index < -0.39 is 0 Å². The molecule has 1 aromatic carbocycles. The summed E-state index contributed by atoms with van der Waals surface area (Å²) in [4.78, 5) is 16.2. The van der Waals surface area contributed by atoms with Crippen LogP contribution in [0.5, 0.6) is 5.75 Å². The maximum Gasteiger partial charge on any atom is 0.368 e. The zero-order valence-electron chi connectivity index (χ0n) is 13.0. The first-order valence-corrected chi connectivity index (χ1v) is 7.33. The van der Waals surface area contributed by atoms with E-state index in [1.54, 1.807) is 19.4 Å². The van der Waals surface area contributed by atoms with Crippen molar-refractivity contribution in [3.63, 3.8) is 0 Å². The molecule has 0 N–H and O–H groups in total. The fourth-order valence-corrected chi connectivity index (χ4v) is 2.37. The fourth-order valence-electron chi connectivity index (χ4n) is 2.37. The number of nitrogens with zero attached hydrogens (tertiary/aromatic N) is 5. The van der Waals surface area contributed by atoms with Crippen molar-refractivity contribution < 1.29 is 4.74 Å². The molecule has 0 atom stereocenters. The van der Waals surface area contributed by atoms with Gasteiger partial charge in [0.05, 0.1) is 11.9 Å². The van der Waals surface area contributed by atoms with Gasteiger partial charge in [0.15, 0.2) is 0 Å². The monoisotopic (exact) mass is 311 g/mol. The molecule has 0 aliphatic rings. The summed E-state index contributed by atoms with van der Waals surface area (Å²) in [6.45, 7) is 2.39. The van der Waals surface area contributed by atoms with Crippen molar-refractivity contribution in [2.45, 2.75) is 20.0 Å². The minimum atomic E-state index is -0.291. The number of aryl methyl sites for hydroxylation is 2. The number of ether oxygens (including phenoxy) is 1. The molecule has 3 aromatic rings. The SMILES string of the molecule is CCc1cccc(-n2nnn(C)c2=O)c1COc1cccnc1. The highest BCUT2D eigenvalue weighted by molar-refractivity contribution is 5.45. The third-order valence-electron chi connectivity index (χ3n) is 3.60. The lowest BCUT2D eigenvalue weighted by atomic mass is 10.0. The number of aromatic nitrogens is 5. The molecule has 0 aliphatic heterocycles. The van der Waals surface area contributed by atoms with Crippen LogP contribution < -0.4 is 10.4 Å². The lowest BCUT2D eigenvalue weighted by Crippen LogP contribution is -2.23. The molecule has 0 saturated carbocycles. The summed E-state index contributed by atoms with van der Waals surface area (Å²) >= 11 is 0. The van der Waals surface area contributed by atoms with Crippen molar-refractivity contribution in [1.29, 1.82) is 0 Å². The quantitative estimate of drug-likeness (QED) is 0.714. The van der Waals surface area contributed by atoms with E-state index >= 15 is 0 Å². The van der Waals surface area contributed by atoms with Crippen molar-refractivity contribution in [3.8, 4) is 11.4 Å². The number of tetrazole rings is 1. The van der Waals surface area contributed by atoms with Crippen LogP contribution in [0.4, 0.5) is 0 Å². The molecule has 0 fully saturated rings. The van der Waals surface area contributed by atoms with Gasteiger partial charge in [-0.25, -0.2) is 4.79 Å². The van der Waals surface area contributed by atoms with Gasteiger partial charge >= 0.3 is 5.69 Å². The summed E-state index contributed by atoms with van der Waals surface area (Å²) in [6.07, 6.45) is 4.18. The first kappa shape index (κ1) is 15.0. The molecule has 2 heterocycles. The molecule has 7 nitrogen and oxygen atoms in total. The largest absolute Gasteiger partial charge is 0.487 e. The number of hydrogen-bond donors (Lipinski definition) is 0. The third-order valence-corrected chi connectivity index (χ3v) is 3.60. The molecular weight excluding hydrogens is 294 g/mol. The summed E-state index contributed by atoms with van der Waals surface area (Å²) in [5.74, 6) is 0.677. The topological polar surface area (TPSA) is 74.8 Å². The predicted octanol–water partition coefficient (Wildman–Crippen LogP) is 1.50. The number of benzene rings is 1. The highest BCUT2D eigenvalue weighted by Gasteiger charge is 2.14. The standard InChI is InChI=1S/C16H17N5O2/c1-3-12-6-4-8-15(21-16(22)20(2)18-19-21)14(12)11-23-13-7-5-9-17-10-13/h4-10H,3,11H2,1-2H3. The van der Waals surface area contributed by atoms with Crippen LogP contribution in [0.15, 0.2) is 47.5 Å². The van der Waals surface area contributed by atoms with Crippen LogP contribution in [0.25, 0.3) is 5.69 Å². The summed E-state index contributed by atoms with van der Waals surface area (Å²) in [5.41, 5.74) is 2.41. The van der Waals surface area contributed by atoms with Crippen LogP contribution in [0, 0.1) is 0 Å². The smallest absolute Gasteiger partial charge is 0.368 e. The third kappa shape index (κ3) is 2.98. The summed E-state index contributed by atoms with van der Waals surface area (Å²) in [6, 6.07) is 9.43. The van der Waals surface area contributed by atoms with Gasteiger partial charge in [-0.1, -0.05) is 19.1 Å². The Morgan fingerprint density at radius 1 is 1.17 bits per heavy atom. The number of pyridine rings is 1. The van der Waals surface area contributed by atoms with Crippen LogP contribution in [0.2, 0.25) is 0 Å². The van der Waals surface area contributed by atoms with Crippen molar-refractivity contribution in [1.82, 2.24) is 24.8 Å². The molecule has 0 bridgehead atoms. The van der Waals surface area contributed by atoms with Crippen molar-refractivity contribution in [2.24, 2.45) is 7.05 Å². The van der Waals surface area contributed by atoms with Crippen LogP contribution in [0.3, 0.4) is 0 Å². The molecule has 0 unspecified atom stereocenters. The molecule has 0 aliphatic carbocycles. The van der Waals surface area contributed by atoms with Crippen LogP contribution in [-0.2, 0) is 20.1 Å². The maximum atomic E-state index is 12.1. The van der Waals surface area contributed by atoms with Crippen LogP contribution in [-0.4, -0.2) is 24.8 Å². The van der Waals surface area contributed by atoms with Gasteiger partial charge < -0.3 is 4.74 Å². The van der Waals surface area contributed by atoms with Gasteiger partial charge in [-0.05, 0) is 40.6 Å². The normalized spacial score (nSPS) is 10.7. The zero-order valence-corrected chi connectivity index (χ0v) is 13.0. The molecule has 0 amide bonds. The molecule has 0 saturated heterocycles. The summed E-state index contributed by atoms with van der Waals surface area (Å²) in [5, 5.41) is 7.70. The lowest BCUT2D eigenvalue weighted by Gasteiger charge is -2.14. The van der Waals surface area contributed by atoms with Gasteiger partial charge in [0, 0.05) is 18.8 Å². The van der Waals surface area contributed by atoms with E-state index in [9.17, 15) is 4.79 Å². The summed E-state index contributed by atoms with van der Waals surface area (Å²) in [7, 11) is 1.57. The average molecular weight is 311 g/mol. The second-order valence-corrected chi connectivity index (χ2v) is 5.04. The van der Waals surface area contributed by atoms with E-state index in [1.165, 1.54) is 9.36 Å². The maximum absolute atomic E-state index is 12.1. The first-order valence-electron chi connectivity index (χ1n) is 7.33. The second-order valence-electron chi connectivity index (χ2n) is 5.04. The Labute approximate surface area is 133 Å². The fraction of sp³-hybridized carbons (Fsp3) is 0.250. The van der Waals surface area contributed by atoms with Gasteiger partial charge in [0.2, 0.25) is 0 Å². The van der Waals surface area contributed by atoms with Crippen molar-refractivity contribution >= 4 is 0 Å². The predicted molar refractivity (Wildman–Crippen MR) is 84.5 cm³/mol. The average Bonchev–Trinajstić information content (AvgIpc) is 2.92. The molecule has 3 rings (SSSR count). The second kappa shape index (κ2) is 6.43. The van der Waals surface area contributed by atoms with E-state index in [-0.39, 0.29) is 5.69 Å². The Balaban J connectivity index is 2.00. The minimum absolute atomic E-state index is 0.291. The van der Waals surface area contributed by atoms with E-state index in [2.05, 4.69) is 22.3 Å². The highest BCUT2D eigenvalue weighted by Crippen LogP contribution is 2.20. The number of hydrogen-bond acceptors (Lipinski definition) is 5. The minimum Gasteiger partial charge on any atom is -0.487 e. The lowest BCUT2D eigenvalue weighted by molar-refractivity contribution is 0.303. The first-order chi connectivity index (χ1) is 11.2. The molecule has 2 aromatic heterocycles. The van der Waals surface area contributed by atoms with Gasteiger partial charge in [0.25, 0.3) is 0 Å². The van der Waals surface area contributed by atoms with Crippen molar-refractivity contribution in [3.05, 3.63) is 64.3 Å². The van der Waals surface area contributed by atoms with Gasteiger partial charge in [-0.2, -0.15) is 9.36 Å². The van der Waals surface area contributed by atoms with Crippen molar-refractivity contribution in [2.75, 3.05) is 0 Å². The van der Waals surface area contributed by atoms with Gasteiger partial charge in [0.1, 0.15) is 12.4 Å². The Kier molecular flexibility index (Phi) is 4.18. The van der Waals surface area contributed by atoms with Gasteiger partial charge in [-0.3, -0.25) is 4.98 Å². The van der Waals surface area contributed by atoms with Gasteiger partial charge in [-0.15, -0.1) is 0 Å². The molecule has 7 heteroatoms. The molecule has 0 radical (unpaired) electrons. The van der Waals surface area contributed by atoms with E-state index in [0.717, 1.165) is 17.5 Å². The van der Waals surface area contributed by atoms with Crippen LogP contribution >= 0.6 is 0 Å². The molecule has 0 spiro atoms. The Hall–Kier alpha value is -2.96. The van der Waals surface area contributed by atoms with E-state index in [4.69, 9.17) is 4.74 Å². The zero-order chi connectivity index (χ0) is 16.2. The Bertz CT molecular complexity index is 854. The molecule has 118 valence electrons. The Morgan fingerprint density at radius 3 is 2.70 bits per heavy atom. The van der Waals surface area contributed by atoms with E-state index in [0.29, 0.717) is 18.0 Å². The molecular formula is C16H17N5O2. The highest BCUT2D eigenvalue weighted by atomic mass is 16.5. The summed E-state index contributed by atoms with van der Waals surface area (Å²) < 4.78 is 8.30. The van der Waals surface area contributed by atoms with E-state index in [1.807, 2.05) is 30.3 Å². The molecule has 23 heavy (non-hydrogen) atoms.